The molecule has 1 aromatic carbocycles. The molecule has 1 fully saturated rings. The first-order chi connectivity index (χ1) is 9.61. The van der Waals surface area contributed by atoms with Gasteiger partial charge in [-0.25, -0.2) is 4.79 Å². The highest BCUT2D eigenvalue weighted by Gasteiger charge is 2.23. The summed E-state index contributed by atoms with van der Waals surface area (Å²) in [5, 5.41) is 12.2. The van der Waals surface area contributed by atoms with Crippen molar-refractivity contribution in [3.63, 3.8) is 0 Å². The first-order valence-electron chi connectivity index (χ1n) is 7.33. The van der Waals surface area contributed by atoms with E-state index in [1.807, 2.05) is 24.0 Å². The number of nitrogens with zero attached hydrogens (tertiary/aromatic N) is 1. The van der Waals surface area contributed by atoms with E-state index >= 15 is 0 Å². The molecule has 2 N–H and O–H groups in total. The molecular formula is C16H24N2O2. The summed E-state index contributed by atoms with van der Waals surface area (Å²) in [6.07, 6.45) is 1.78. The number of benzene rings is 1. The van der Waals surface area contributed by atoms with E-state index in [-0.39, 0.29) is 18.7 Å². The molecule has 0 bridgehead atoms. The zero-order chi connectivity index (χ0) is 14.5. The molecule has 4 nitrogen and oxygen atoms in total. The van der Waals surface area contributed by atoms with Crippen LogP contribution in [0.1, 0.15) is 36.9 Å². The van der Waals surface area contributed by atoms with Crippen molar-refractivity contribution >= 4 is 6.03 Å². The van der Waals surface area contributed by atoms with Gasteiger partial charge in [-0.2, -0.15) is 0 Å². The number of hydrogen-bond donors (Lipinski definition) is 2. The number of carbonyl (C=O) groups is 1. The predicted molar refractivity (Wildman–Crippen MR) is 79.5 cm³/mol. The lowest BCUT2D eigenvalue weighted by atomic mass is 9.98. The smallest absolute Gasteiger partial charge is 0.317 e. The van der Waals surface area contributed by atoms with Gasteiger partial charge in [0.05, 0.1) is 6.04 Å². The molecule has 0 aromatic heterocycles. The van der Waals surface area contributed by atoms with Crippen molar-refractivity contribution < 1.29 is 9.90 Å². The Kier molecular flexibility index (Phi) is 5.01. The van der Waals surface area contributed by atoms with Crippen molar-refractivity contribution in [2.75, 3.05) is 19.7 Å². The number of hydrogen-bond acceptors (Lipinski definition) is 2. The molecule has 1 aliphatic rings. The third-order valence-corrected chi connectivity index (χ3v) is 4.15. The monoisotopic (exact) mass is 276 g/mol. The number of piperidine rings is 1. The fourth-order valence-electron chi connectivity index (χ4n) is 2.75. The lowest BCUT2D eigenvalue weighted by Gasteiger charge is -2.32. The average Bonchev–Trinajstić information content (AvgIpc) is 2.47. The minimum absolute atomic E-state index is 0.00265. The van der Waals surface area contributed by atoms with E-state index < -0.39 is 0 Å². The van der Waals surface area contributed by atoms with E-state index in [0.717, 1.165) is 31.5 Å². The Labute approximate surface area is 120 Å². The molecule has 0 aliphatic carbocycles. The highest BCUT2D eigenvalue weighted by molar-refractivity contribution is 5.74. The van der Waals surface area contributed by atoms with Crippen LogP contribution in [0.15, 0.2) is 24.3 Å². The van der Waals surface area contributed by atoms with Gasteiger partial charge < -0.3 is 15.3 Å². The Morgan fingerprint density at radius 1 is 1.40 bits per heavy atom. The van der Waals surface area contributed by atoms with Crippen molar-refractivity contribution in [1.82, 2.24) is 10.2 Å². The number of nitrogens with one attached hydrogen (secondary N) is 1. The molecule has 1 heterocycles. The van der Waals surface area contributed by atoms with Crippen molar-refractivity contribution in [2.24, 2.45) is 5.92 Å². The summed E-state index contributed by atoms with van der Waals surface area (Å²) in [4.78, 5) is 14.1. The summed E-state index contributed by atoms with van der Waals surface area (Å²) < 4.78 is 0. The van der Waals surface area contributed by atoms with Gasteiger partial charge in [0.2, 0.25) is 0 Å². The number of amides is 2. The van der Waals surface area contributed by atoms with Gasteiger partial charge in [0.15, 0.2) is 0 Å². The molecule has 1 saturated heterocycles. The second kappa shape index (κ2) is 6.75. The van der Waals surface area contributed by atoms with Gasteiger partial charge in [0.1, 0.15) is 0 Å². The number of aliphatic hydroxyl groups is 1. The first-order valence-corrected chi connectivity index (χ1v) is 7.33. The van der Waals surface area contributed by atoms with Gasteiger partial charge >= 0.3 is 6.03 Å². The topological polar surface area (TPSA) is 52.6 Å². The number of rotatable bonds is 3. The van der Waals surface area contributed by atoms with E-state index in [1.165, 1.54) is 5.56 Å². The van der Waals surface area contributed by atoms with E-state index in [9.17, 15) is 4.79 Å². The number of urea groups is 1. The van der Waals surface area contributed by atoms with E-state index in [2.05, 4.69) is 24.4 Å². The molecule has 0 saturated carbocycles. The lowest BCUT2D eigenvalue weighted by Crippen LogP contribution is -2.45. The quantitative estimate of drug-likeness (QED) is 0.891. The molecule has 20 heavy (non-hydrogen) atoms. The molecule has 1 aromatic rings. The Morgan fingerprint density at radius 2 is 2.05 bits per heavy atom. The van der Waals surface area contributed by atoms with Crippen LogP contribution in [0, 0.1) is 12.8 Å². The number of aliphatic hydroxyl groups excluding tert-OH is 1. The maximum Gasteiger partial charge on any atom is 0.317 e. The van der Waals surface area contributed by atoms with Gasteiger partial charge in [-0.1, -0.05) is 24.3 Å². The maximum absolute atomic E-state index is 12.2. The molecule has 110 valence electrons. The predicted octanol–water partition coefficient (Wildman–Crippen LogP) is 2.47. The molecule has 1 aliphatic heterocycles. The highest BCUT2D eigenvalue weighted by atomic mass is 16.3. The van der Waals surface area contributed by atoms with Crippen molar-refractivity contribution in [1.29, 1.82) is 0 Å². The van der Waals surface area contributed by atoms with Crippen LogP contribution >= 0.6 is 0 Å². The van der Waals surface area contributed by atoms with Crippen LogP contribution in [0.2, 0.25) is 0 Å². The van der Waals surface area contributed by atoms with Crippen LogP contribution in [-0.4, -0.2) is 35.7 Å². The average molecular weight is 276 g/mol. The van der Waals surface area contributed by atoms with Crippen molar-refractivity contribution in [3.8, 4) is 0 Å². The molecule has 0 radical (unpaired) electrons. The zero-order valence-electron chi connectivity index (χ0n) is 12.3. The molecular weight excluding hydrogens is 252 g/mol. The molecule has 1 atom stereocenters. The normalized spacial score (nSPS) is 17.9. The first kappa shape index (κ1) is 14.9. The van der Waals surface area contributed by atoms with Crippen molar-refractivity contribution in [2.45, 2.75) is 32.7 Å². The molecule has 2 amide bonds. The van der Waals surface area contributed by atoms with E-state index in [0.29, 0.717) is 5.92 Å². The van der Waals surface area contributed by atoms with Gasteiger partial charge in [0, 0.05) is 19.7 Å². The van der Waals surface area contributed by atoms with Crippen LogP contribution in [0.4, 0.5) is 4.79 Å². The SMILES string of the molecule is Cc1ccccc1C(C)NC(=O)N1CCC(CO)CC1. The van der Waals surface area contributed by atoms with Crippen LogP contribution in [-0.2, 0) is 0 Å². The maximum atomic E-state index is 12.2. The second-order valence-electron chi connectivity index (χ2n) is 5.64. The number of likely N-dealkylation sites (tertiary alicyclic amines) is 1. The summed E-state index contributed by atoms with van der Waals surface area (Å²) in [6.45, 7) is 5.77. The Balaban J connectivity index is 1.90. The lowest BCUT2D eigenvalue weighted by molar-refractivity contribution is 0.136. The summed E-state index contributed by atoms with van der Waals surface area (Å²) in [5.41, 5.74) is 2.35. The Hall–Kier alpha value is -1.55. The van der Waals surface area contributed by atoms with E-state index in [4.69, 9.17) is 5.11 Å². The largest absolute Gasteiger partial charge is 0.396 e. The van der Waals surface area contributed by atoms with Crippen LogP contribution in [0.3, 0.4) is 0 Å². The fourth-order valence-corrected chi connectivity index (χ4v) is 2.75. The van der Waals surface area contributed by atoms with Gasteiger partial charge in [-0.05, 0) is 43.7 Å². The van der Waals surface area contributed by atoms with Crippen LogP contribution in [0.25, 0.3) is 0 Å². The van der Waals surface area contributed by atoms with Crippen LogP contribution in [0.5, 0.6) is 0 Å². The van der Waals surface area contributed by atoms with Gasteiger partial charge in [-0.3, -0.25) is 0 Å². The molecule has 2 rings (SSSR count). The van der Waals surface area contributed by atoms with Crippen LogP contribution < -0.4 is 5.32 Å². The summed E-state index contributed by atoms with van der Waals surface area (Å²) in [6, 6.07) is 8.13. The van der Waals surface area contributed by atoms with E-state index in [1.54, 1.807) is 0 Å². The van der Waals surface area contributed by atoms with Crippen molar-refractivity contribution in [3.05, 3.63) is 35.4 Å². The van der Waals surface area contributed by atoms with Gasteiger partial charge in [0.25, 0.3) is 0 Å². The second-order valence-corrected chi connectivity index (χ2v) is 5.64. The Morgan fingerprint density at radius 3 is 2.65 bits per heavy atom. The Bertz CT molecular complexity index is 454. The molecule has 1 unspecified atom stereocenters. The fraction of sp³-hybridized carbons (Fsp3) is 0.562. The summed E-state index contributed by atoms with van der Waals surface area (Å²) in [5.74, 6) is 0.354. The number of carbonyl (C=O) groups excluding carboxylic acids is 1. The summed E-state index contributed by atoms with van der Waals surface area (Å²) >= 11 is 0. The highest BCUT2D eigenvalue weighted by Crippen LogP contribution is 2.19. The molecule has 4 heteroatoms. The zero-order valence-corrected chi connectivity index (χ0v) is 12.3. The molecule has 0 spiro atoms. The number of aryl methyl sites for hydroxylation is 1. The summed E-state index contributed by atoms with van der Waals surface area (Å²) in [7, 11) is 0. The minimum atomic E-state index is -0.00265. The standard InChI is InChI=1S/C16H24N2O2/c1-12-5-3-4-6-15(12)13(2)17-16(20)18-9-7-14(11-19)8-10-18/h3-6,13-14,19H,7-11H2,1-2H3,(H,17,20). The van der Waals surface area contributed by atoms with Gasteiger partial charge in [-0.15, -0.1) is 0 Å². The third kappa shape index (κ3) is 3.51. The minimum Gasteiger partial charge on any atom is -0.396 e. The third-order valence-electron chi connectivity index (χ3n) is 4.15.